The Kier molecular flexibility index (Phi) is 4.85. The zero-order valence-corrected chi connectivity index (χ0v) is 12.9. The number of benzene rings is 2. The van der Waals surface area contributed by atoms with Gasteiger partial charge in [-0.1, -0.05) is 18.2 Å². The molecule has 3 nitrogen and oxygen atoms in total. The summed E-state index contributed by atoms with van der Waals surface area (Å²) < 4.78 is 39.7. The van der Waals surface area contributed by atoms with E-state index in [4.69, 9.17) is 0 Å². The van der Waals surface area contributed by atoms with Gasteiger partial charge in [-0.15, -0.1) is 0 Å². The SMILES string of the molecule is O=C1CC[C@@H](NCc2ccc(F)c(F)c2)[C@H](c2cccc(F)c2)N1. The molecule has 0 saturated carbocycles. The third kappa shape index (κ3) is 3.76. The van der Waals surface area contributed by atoms with Gasteiger partial charge in [-0.2, -0.15) is 0 Å². The summed E-state index contributed by atoms with van der Waals surface area (Å²) >= 11 is 0. The minimum Gasteiger partial charge on any atom is -0.348 e. The molecule has 1 heterocycles. The molecule has 1 fully saturated rings. The first-order valence-corrected chi connectivity index (χ1v) is 7.75. The van der Waals surface area contributed by atoms with Crippen molar-refractivity contribution in [2.75, 3.05) is 0 Å². The Morgan fingerprint density at radius 2 is 1.92 bits per heavy atom. The molecule has 2 aromatic carbocycles. The van der Waals surface area contributed by atoms with Crippen LogP contribution in [0.15, 0.2) is 42.5 Å². The van der Waals surface area contributed by atoms with Crippen LogP contribution in [-0.2, 0) is 11.3 Å². The minimum atomic E-state index is -0.895. The van der Waals surface area contributed by atoms with Crippen LogP contribution in [-0.4, -0.2) is 11.9 Å². The summed E-state index contributed by atoms with van der Waals surface area (Å²) in [6.45, 7) is 0.323. The molecule has 0 spiro atoms. The van der Waals surface area contributed by atoms with Crippen molar-refractivity contribution in [3.05, 3.63) is 71.0 Å². The third-order valence-corrected chi connectivity index (χ3v) is 4.16. The maximum atomic E-state index is 13.5. The second-order valence-electron chi connectivity index (χ2n) is 5.87. The smallest absolute Gasteiger partial charge is 0.220 e. The molecule has 2 aromatic rings. The van der Waals surface area contributed by atoms with Crippen molar-refractivity contribution in [1.82, 2.24) is 10.6 Å². The fraction of sp³-hybridized carbons (Fsp3) is 0.278. The minimum absolute atomic E-state index is 0.0878. The van der Waals surface area contributed by atoms with Crippen LogP contribution in [0, 0.1) is 17.5 Å². The number of rotatable bonds is 4. The summed E-state index contributed by atoms with van der Waals surface area (Å²) in [5, 5.41) is 6.11. The molecule has 1 aliphatic rings. The molecule has 2 atom stereocenters. The zero-order chi connectivity index (χ0) is 17.1. The number of halogens is 3. The highest BCUT2D eigenvalue weighted by Crippen LogP contribution is 2.25. The normalized spacial score (nSPS) is 20.7. The molecular formula is C18H17F3N2O. The number of carbonyl (C=O) groups is 1. The average Bonchev–Trinajstić information content (AvgIpc) is 2.57. The topological polar surface area (TPSA) is 41.1 Å². The van der Waals surface area contributed by atoms with Crippen LogP contribution in [0.3, 0.4) is 0 Å². The van der Waals surface area contributed by atoms with E-state index in [2.05, 4.69) is 10.6 Å². The summed E-state index contributed by atoms with van der Waals surface area (Å²) in [5.74, 6) is -2.24. The third-order valence-electron chi connectivity index (χ3n) is 4.16. The molecule has 0 radical (unpaired) electrons. The first-order valence-electron chi connectivity index (χ1n) is 7.75. The van der Waals surface area contributed by atoms with Crippen molar-refractivity contribution in [3.8, 4) is 0 Å². The first-order chi connectivity index (χ1) is 11.5. The summed E-state index contributed by atoms with van der Waals surface area (Å²) in [6.07, 6.45) is 0.942. The summed E-state index contributed by atoms with van der Waals surface area (Å²) in [6, 6.07) is 9.32. The summed E-state index contributed by atoms with van der Waals surface area (Å²) in [7, 11) is 0. The van der Waals surface area contributed by atoms with Crippen molar-refractivity contribution in [1.29, 1.82) is 0 Å². The number of hydrogen-bond acceptors (Lipinski definition) is 2. The Hall–Kier alpha value is -2.34. The van der Waals surface area contributed by atoms with E-state index in [9.17, 15) is 18.0 Å². The number of nitrogens with one attached hydrogen (secondary N) is 2. The van der Waals surface area contributed by atoms with Crippen LogP contribution in [0.1, 0.15) is 30.0 Å². The lowest BCUT2D eigenvalue weighted by Crippen LogP contribution is -2.48. The van der Waals surface area contributed by atoms with Crippen LogP contribution in [0.2, 0.25) is 0 Å². The largest absolute Gasteiger partial charge is 0.348 e. The van der Waals surface area contributed by atoms with E-state index in [1.54, 1.807) is 12.1 Å². The maximum absolute atomic E-state index is 13.5. The molecule has 1 aliphatic heterocycles. The lowest BCUT2D eigenvalue weighted by Gasteiger charge is -2.33. The van der Waals surface area contributed by atoms with Gasteiger partial charge in [0.15, 0.2) is 11.6 Å². The molecule has 1 saturated heterocycles. The quantitative estimate of drug-likeness (QED) is 0.901. The summed E-state index contributed by atoms with van der Waals surface area (Å²) in [4.78, 5) is 11.7. The number of amides is 1. The van der Waals surface area contributed by atoms with Crippen molar-refractivity contribution in [3.63, 3.8) is 0 Å². The van der Waals surface area contributed by atoms with Gasteiger partial charge in [0.25, 0.3) is 0 Å². The second kappa shape index (κ2) is 7.05. The van der Waals surface area contributed by atoms with Crippen LogP contribution in [0.5, 0.6) is 0 Å². The highest BCUT2D eigenvalue weighted by atomic mass is 19.2. The molecule has 3 rings (SSSR count). The molecule has 0 aromatic heterocycles. The van der Waals surface area contributed by atoms with Crippen molar-refractivity contribution in [2.45, 2.75) is 31.5 Å². The molecule has 0 unspecified atom stereocenters. The molecule has 0 aliphatic carbocycles. The van der Waals surface area contributed by atoms with Gasteiger partial charge in [-0.3, -0.25) is 4.79 Å². The molecular weight excluding hydrogens is 317 g/mol. The Labute approximate surface area is 137 Å². The van der Waals surface area contributed by atoms with Gasteiger partial charge < -0.3 is 10.6 Å². The van der Waals surface area contributed by atoms with Gasteiger partial charge in [-0.05, 0) is 41.8 Å². The Morgan fingerprint density at radius 3 is 2.67 bits per heavy atom. The van der Waals surface area contributed by atoms with E-state index in [-0.39, 0.29) is 23.8 Å². The monoisotopic (exact) mass is 334 g/mol. The van der Waals surface area contributed by atoms with Gasteiger partial charge in [-0.25, -0.2) is 13.2 Å². The molecule has 24 heavy (non-hydrogen) atoms. The average molecular weight is 334 g/mol. The van der Waals surface area contributed by atoms with Crippen LogP contribution < -0.4 is 10.6 Å². The van der Waals surface area contributed by atoms with Crippen molar-refractivity contribution < 1.29 is 18.0 Å². The predicted octanol–water partition coefficient (Wildman–Crippen LogP) is 3.21. The van der Waals surface area contributed by atoms with E-state index in [1.165, 1.54) is 18.2 Å². The lowest BCUT2D eigenvalue weighted by atomic mass is 9.91. The van der Waals surface area contributed by atoms with Gasteiger partial charge >= 0.3 is 0 Å². The van der Waals surface area contributed by atoms with Crippen LogP contribution >= 0.6 is 0 Å². The van der Waals surface area contributed by atoms with Gasteiger partial charge in [0.2, 0.25) is 5.91 Å². The zero-order valence-electron chi connectivity index (χ0n) is 12.9. The fourth-order valence-corrected chi connectivity index (χ4v) is 2.93. The highest BCUT2D eigenvalue weighted by molar-refractivity contribution is 5.77. The van der Waals surface area contributed by atoms with Gasteiger partial charge in [0, 0.05) is 19.0 Å². The number of carbonyl (C=O) groups excluding carboxylic acids is 1. The van der Waals surface area contributed by atoms with Crippen LogP contribution in [0.25, 0.3) is 0 Å². The van der Waals surface area contributed by atoms with Crippen LogP contribution in [0.4, 0.5) is 13.2 Å². The second-order valence-corrected chi connectivity index (χ2v) is 5.87. The highest BCUT2D eigenvalue weighted by Gasteiger charge is 2.29. The Bertz CT molecular complexity index is 751. The predicted molar refractivity (Wildman–Crippen MR) is 83.5 cm³/mol. The Balaban J connectivity index is 1.74. The number of piperidine rings is 1. The molecule has 6 heteroatoms. The van der Waals surface area contributed by atoms with E-state index in [0.29, 0.717) is 30.5 Å². The van der Waals surface area contributed by atoms with Gasteiger partial charge in [0.05, 0.1) is 6.04 Å². The standard InChI is InChI=1S/C18H17F3N2O/c19-13-3-1-2-12(9-13)18-16(6-7-17(24)23-18)22-10-11-4-5-14(20)15(21)8-11/h1-5,8-9,16,18,22H,6-7,10H2,(H,23,24)/t16-,18+/m1/s1. The summed E-state index contributed by atoms with van der Waals surface area (Å²) in [5.41, 5.74) is 1.27. The van der Waals surface area contributed by atoms with Crippen molar-refractivity contribution >= 4 is 5.91 Å². The number of hydrogen-bond donors (Lipinski definition) is 2. The first kappa shape index (κ1) is 16.5. The molecule has 126 valence electrons. The van der Waals surface area contributed by atoms with Gasteiger partial charge in [0.1, 0.15) is 5.82 Å². The van der Waals surface area contributed by atoms with E-state index >= 15 is 0 Å². The lowest BCUT2D eigenvalue weighted by molar-refractivity contribution is -0.123. The van der Waals surface area contributed by atoms with Crippen molar-refractivity contribution in [2.24, 2.45) is 0 Å². The maximum Gasteiger partial charge on any atom is 0.220 e. The molecule has 1 amide bonds. The van der Waals surface area contributed by atoms with E-state index < -0.39 is 11.6 Å². The molecule has 2 N–H and O–H groups in total. The Morgan fingerprint density at radius 1 is 1.08 bits per heavy atom. The molecule has 0 bridgehead atoms. The van der Waals surface area contributed by atoms with E-state index in [1.807, 2.05) is 0 Å². The fourth-order valence-electron chi connectivity index (χ4n) is 2.93. The van der Waals surface area contributed by atoms with E-state index in [0.717, 1.165) is 12.1 Å².